The minimum atomic E-state index is 0.131. The molecule has 0 N–H and O–H groups in total. The largest absolute Gasteiger partial charge is 0.373 e. The number of aromatic nitrogens is 3. The topological polar surface area (TPSA) is 39.9 Å². The van der Waals surface area contributed by atoms with E-state index in [0.29, 0.717) is 5.92 Å². The number of nitrogens with zero attached hydrogens (tertiary/aromatic N) is 3. The third-order valence-corrected chi connectivity index (χ3v) is 4.44. The SMILES string of the molecule is c1ccc([C@H]2OCC[C@@H]2c2nnc3n2CCCC3)cc1. The van der Waals surface area contributed by atoms with Crippen LogP contribution in [0.5, 0.6) is 0 Å². The maximum absolute atomic E-state index is 5.99. The monoisotopic (exact) mass is 269 g/mol. The van der Waals surface area contributed by atoms with Crippen molar-refractivity contribution in [3.05, 3.63) is 47.5 Å². The van der Waals surface area contributed by atoms with Crippen molar-refractivity contribution in [2.45, 2.75) is 44.2 Å². The van der Waals surface area contributed by atoms with Gasteiger partial charge in [0.05, 0.1) is 12.0 Å². The Morgan fingerprint density at radius 3 is 2.90 bits per heavy atom. The molecule has 4 heteroatoms. The van der Waals surface area contributed by atoms with Crippen molar-refractivity contribution >= 4 is 0 Å². The summed E-state index contributed by atoms with van der Waals surface area (Å²) in [6.45, 7) is 1.88. The molecular weight excluding hydrogens is 250 g/mol. The van der Waals surface area contributed by atoms with E-state index in [1.165, 1.54) is 18.4 Å². The molecule has 1 aromatic carbocycles. The molecule has 0 amide bonds. The summed E-state index contributed by atoms with van der Waals surface area (Å²) in [7, 11) is 0. The van der Waals surface area contributed by atoms with E-state index in [-0.39, 0.29) is 6.10 Å². The molecule has 4 nitrogen and oxygen atoms in total. The first kappa shape index (κ1) is 12.1. The molecule has 0 radical (unpaired) electrons. The Labute approximate surface area is 118 Å². The summed E-state index contributed by atoms with van der Waals surface area (Å²) < 4.78 is 8.32. The maximum atomic E-state index is 5.99. The van der Waals surface area contributed by atoms with Gasteiger partial charge in [0.15, 0.2) is 0 Å². The minimum absolute atomic E-state index is 0.131. The Kier molecular flexibility index (Phi) is 3.03. The Hall–Kier alpha value is -1.68. The highest BCUT2D eigenvalue weighted by Crippen LogP contribution is 2.41. The van der Waals surface area contributed by atoms with Crippen LogP contribution in [0.1, 0.15) is 48.5 Å². The van der Waals surface area contributed by atoms with Crippen molar-refractivity contribution in [2.24, 2.45) is 0 Å². The van der Waals surface area contributed by atoms with E-state index in [1.54, 1.807) is 0 Å². The average Bonchev–Trinajstić information content (AvgIpc) is 3.14. The zero-order valence-electron chi connectivity index (χ0n) is 11.5. The van der Waals surface area contributed by atoms with Gasteiger partial charge in [-0.15, -0.1) is 10.2 Å². The summed E-state index contributed by atoms with van der Waals surface area (Å²) in [5, 5.41) is 8.88. The van der Waals surface area contributed by atoms with E-state index in [4.69, 9.17) is 4.74 Å². The highest BCUT2D eigenvalue weighted by Gasteiger charge is 2.35. The molecule has 2 aliphatic heterocycles. The quantitative estimate of drug-likeness (QED) is 0.841. The van der Waals surface area contributed by atoms with E-state index in [9.17, 15) is 0 Å². The summed E-state index contributed by atoms with van der Waals surface area (Å²) in [6.07, 6.45) is 4.71. The molecule has 1 aromatic heterocycles. The van der Waals surface area contributed by atoms with Crippen molar-refractivity contribution in [3.8, 4) is 0 Å². The molecule has 3 heterocycles. The van der Waals surface area contributed by atoms with Crippen molar-refractivity contribution in [2.75, 3.05) is 6.61 Å². The molecule has 0 saturated carbocycles. The zero-order chi connectivity index (χ0) is 13.4. The van der Waals surface area contributed by atoms with Gasteiger partial charge >= 0.3 is 0 Å². The van der Waals surface area contributed by atoms with Crippen molar-refractivity contribution in [3.63, 3.8) is 0 Å². The lowest BCUT2D eigenvalue weighted by Gasteiger charge is -2.21. The van der Waals surface area contributed by atoms with Gasteiger partial charge in [0.25, 0.3) is 0 Å². The van der Waals surface area contributed by atoms with Crippen LogP contribution in [0.25, 0.3) is 0 Å². The van der Waals surface area contributed by atoms with Crippen molar-refractivity contribution < 1.29 is 4.74 Å². The van der Waals surface area contributed by atoms with Gasteiger partial charge in [-0.05, 0) is 24.8 Å². The van der Waals surface area contributed by atoms with Gasteiger partial charge in [-0.2, -0.15) is 0 Å². The molecule has 2 atom stereocenters. The van der Waals surface area contributed by atoms with Crippen LogP contribution in [-0.4, -0.2) is 21.4 Å². The molecule has 0 unspecified atom stereocenters. The lowest BCUT2D eigenvalue weighted by atomic mass is 9.94. The van der Waals surface area contributed by atoms with E-state index in [0.717, 1.165) is 37.6 Å². The second-order valence-electron chi connectivity index (χ2n) is 5.68. The molecule has 0 bridgehead atoms. The van der Waals surface area contributed by atoms with E-state index < -0.39 is 0 Å². The Balaban J connectivity index is 1.69. The number of fused-ring (bicyclic) bond motifs is 1. The molecule has 0 aliphatic carbocycles. The molecule has 1 saturated heterocycles. The molecule has 2 aliphatic rings. The van der Waals surface area contributed by atoms with Crippen molar-refractivity contribution in [1.29, 1.82) is 0 Å². The molecular formula is C16H19N3O. The summed E-state index contributed by atoms with van der Waals surface area (Å²) >= 11 is 0. The second kappa shape index (κ2) is 5.02. The first-order valence-electron chi connectivity index (χ1n) is 7.52. The van der Waals surface area contributed by atoms with Gasteiger partial charge < -0.3 is 9.30 Å². The summed E-state index contributed by atoms with van der Waals surface area (Å²) in [5.74, 6) is 2.63. The smallest absolute Gasteiger partial charge is 0.139 e. The molecule has 104 valence electrons. The van der Waals surface area contributed by atoms with Crippen LogP contribution < -0.4 is 0 Å². The van der Waals surface area contributed by atoms with Crippen LogP contribution in [0.2, 0.25) is 0 Å². The van der Waals surface area contributed by atoms with Gasteiger partial charge in [-0.1, -0.05) is 30.3 Å². The third kappa shape index (κ3) is 1.95. The lowest BCUT2D eigenvalue weighted by Crippen LogP contribution is -2.17. The zero-order valence-corrected chi connectivity index (χ0v) is 11.5. The number of ether oxygens (including phenoxy) is 1. The molecule has 1 fully saturated rings. The number of benzene rings is 1. The second-order valence-corrected chi connectivity index (χ2v) is 5.68. The van der Waals surface area contributed by atoms with E-state index in [1.807, 2.05) is 6.07 Å². The normalized spacial score (nSPS) is 25.6. The average molecular weight is 269 g/mol. The summed E-state index contributed by atoms with van der Waals surface area (Å²) in [6, 6.07) is 10.5. The first-order valence-corrected chi connectivity index (χ1v) is 7.52. The van der Waals surface area contributed by atoms with Crippen LogP contribution in [-0.2, 0) is 17.7 Å². The third-order valence-electron chi connectivity index (χ3n) is 4.44. The summed E-state index contributed by atoms with van der Waals surface area (Å²) in [5.41, 5.74) is 1.25. The molecule has 0 spiro atoms. The molecule has 20 heavy (non-hydrogen) atoms. The molecule has 4 rings (SSSR count). The molecule has 2 aromatic rings. The fourth-order valence-corrected chi connectivity index (χ4v) is 3.43. The van der Waals surface area contributed by atoms with Crippen LogP contribution >= 0.6 is 0 Å². The lowest BCUT2D eigenvalue weighted by molar-refractivity contribution is 0.102. The van der Waals surface area contributed by atoms with Crippen LogP contribution in [0.15, 0.2) is 30.3 Å². The fraction of sp³-hybridized carbons (Fsp3) is 0.500. The number of rotatable bonds is 2. The van der Waals surface area contributed by atoms with Crippen LogP contribution in [0.3, 0.4) is 0 Å². The van der Waals surface area contributed by atoms with Gasteiger partial charge in [0.1, 0.15) is 11.6 Å². The fourth-order valence-electron chi connectivity index (χ4n) is 3.43. The van der Waals surface area contributed by atoms with E-state index in [2.05, 4.69) is 39.0 Å². The maximum Gasteiger partial charge on any atom is 0.139 e. The van der Waals surface area contributed by atoms with Gasteiger partial charge in [-0.25, -0.2) is 0 Å². The standard InChI is InChI=1S/C16H19N3O/c1-2-6-12(7-3-1)15-13(9-11-20-15)16-18-17-14-8-4-5-10-19(14)16/h1-3,6-7,13,15H,4-5,8-11H2/t13-,15+/m0/s1. The van der Waals surface area contributed by atoms with Crippen LogP contribution in [0.4, 0.5) is 0 Å². The predicted octanol–water partition coefficient (Wildman–Crippen LogP) is 2.86. The first-order chi connectivity index (χ1) is 9.93. The Morgan fingerprint density at radius 2 is 2.00 bits per heavy atom. The number of hydrogen-bond donors (Lipinski definition) is 0. The van der Waals surface area contributed by atoms with Crippen molar-refractivity contribution in [1.82, 2.24) is 14.8 Å². The number of hydrogen-bond acceptors (Lipinski definition) is 3. The van der Waals surface area contributed by atoms with Gasteiger partial charge in [-0.3, -0.25) is 0 Å². The number of aryl methyl sites for hydroxylation is 1. The van der Waals surface area contributed by atoms with E-state index >= 15 is 0 Å². The van der Waals surface area contributed by atoms with Crippen LogP contribution in [0, 0.1) is 0 Å². The Morgan fingerprint density at radius 1 is 1.10 bits per heavy atom. The predicted molar refractivity (Wildman–Crippen MR) is 75.5 cm³/mol. The van der Waals surface area contributed by atoms with Gasteiger partial charge in [0, 0.05) is 19.6 Å². The van der Waals surface area contributed by atoms with Gasteiger partial charge in [0.2, 0.25) is 0 Å². The highest BCUT2D eigenvalue weighted by atomic mass is 16.5. The highest BCUT2D eigenvalue weighted by molar-refractivity contribution is 5.23. The Bertz CT molecular complexity index is 593. The summed E-state index contributed by atoms with van der Waals surface area (Å²) in [4.78, 5) is 0. The minimum Gasteiger partial charge on any atom is -0.373 e.